The van der Waals surface area contributed by atoms with Crippen LogP contribution in [-0.2, 0) is 9.59 Å². The Bertz CT molecular complexity index is 319. The minimum atomic E-state index is -0.284. The number of nitrogens with two attached hydrogens (primary N) is 2. The Morgan fingerprint density at radius 2 is 1.17 bits per heavy atom. The van der Waals surface area contributed by atoms with E-state index in [-0.39, 0.29) is 23.9 Å². The van der Waals surface area contributed by atoms with Crippen LogP contribution in [0.1, 0.15) is 12.8 Å². The summed E-state index contributed by atoms with van der Waals surface area (Å²) in [6.45, 7) is 1.51. The summed E-state index contributed by atoms with van der Waals surface area (Å²) in [5.74, 6) is 3.08. The molecule has 0 rings (SSSR count). The standard InChI is InChI=1S/C14H30N4O2S4/c1-21-7-3-11(13(15)19)17-5-9-23-24-10-6-18-12(14(16)20)4-8-22-2/h11-12,17-18H,3-10H2,1-2H3,(H2,15,19)(H2,16,20). The van der Waals surface area contributed by atoms with E-state index in [0.29, 0.717) is 0 Å². The molecule has 0 fully saturated rings. The van der Waals surface area contributed by atoms with Crippen molar-refractivity contribution in [2.75, 3.05) is 48.6 Å². The number of primary amides is 2. The first-order valence-corrected chi connectivity index (χ1v) is 13.1. The molecule has 24 heavy (non-hydrogen) atoms. The molecule has 0 saturated heterocycles. The van der Waals surface area contributed by atoms with Crippen LogP contribution in [0.4, 0.5) is 0 Å². The Kier molecular flexibility index (Phi) is 16.9. The molecule has 0 aromatic carbocycles. The SMILES string of the molecule is CSCCC(NCCSSCCNC(CCSC)C(N)=O)C(N)=O. The molecular weight excluding hydrogens is 384 g/mol. The lowest BCUT2D eigenvalue weighted by Crippen LogP contribution is -2.42. The molecule has 0 aliphatic rings. The number of rotatable bonds is 17. The van der Waals surface area contributed by atoms with Crippen LogP contribution in [0.5, 0.6) is 0 Å². The average Bonchev–Trinajstić information content (AvgIpc) is 2.54. The Morgan fingerprint density at radius 3 is 1.46 bits per heavy atom. The van der Waals surface area contributed by atoms with E-state index in [2.05, 4.69) is 10.6 Å². The monoisotopic (exact) mass is 414 g/mol. The second-order valence-electron chi connectivity index (χ2n) is 5.03. The zero-order valence-corrected chi connectivity index (χ0v) is 17.7. The van der Waals surface area contributed by atoms with Crippen LogP contribution in [0, 0.1) is 0 Å². The van der Waals surface area contributed by atoms with E-state index in [4.69, 9.17) is 11.5 Å². The summed E-state index contributed by atoms with van der Waals surface area (Å²) in [6, 6.07) is -0.477. The number of nitrogens with one attached hydrogen (secondary N) is 2. The molecule has 10 heteroatoms. The molecule has 2 atom stereocenters. The first-order valence-electron chi connectivity index (χ1n) is 7.80. The predicted octanol–water partition coefficient (Wildman–Crippen LogP) is 0.761. The van der Waals surface area contributed by atoms with Crippen LogP contribution < -0.4 is 22.1 Å². The largest absolute Gasteiger partial charge is 0.368 e. The zero-order valence-electron chi connectivity index (χ0n) is 14.4. The second kappa shape index (κ2) is 16.7. The van der Waals surface area contributed by atoms with Crippen molar-refractivity contribution in [3.8, 4) is 0 Å². The highest BCUT2D eigenvalue weighted by atomic mass is 33.1. The van der Waals surface area contributed by atoms with Gasteiger partial charge in [0.15, 0.2) is 0 Å². The van der Waals surface area contributed by atoms with Crippen molar-refractivity contribution in [2.24, 2.45) is 11.5 Å². The van der Waals surface area contributed by atoms with Gasteiger partial charge in [-0.1, -0.05) is 21.6 Å². The van der Waals surface area contributed by atoms with Gasteiger partial charge in [0.25, 0.3) is 0 Å². The van der Waals surface area contributed by atoms with E-state index >= 15 is 0 Å². The van der Waals surface area contributed by atoms with Crippen LogP contribution in [0.3, 0.4) is 0 Å². The zero-order chi connectivity index (χ0) is 18.2. The number of thioether (sulfide) groups is 2. The third-order valence-corrected chi connectivity index (χ3v) is 6.84. The Balaban J connectivity index is 3.64. The number of hydrogen-bond acceptors (Lipinski definition) is 8. The maximum atomic E-state index is 11.3. The molecule has 0 aromatic heterocycles. The molecule has 0 aliphatic carbocycles. The molecule has 2 amide bonds. The average molecular weight is 415 g/mol. The van der Waals surface area contributed by atoms with Gasteiger partial charge in [-0.3, -0.25) is 9.59 Å². The van der Waals surface area contributed by atoms with Gasteiger partial charge in [0.2, 0.25) is 11.8 Å². The molecule has 0 aromatic rings. The fourth-order valence-corrected chi connectivity index (χ4v) is 4.62. The summed E-state index contributed by atoms with van der Waals surface area (Å²) in [4.78, 5) is 22.6. The summed E-state index contributed by atoms with van der Waals surface area (Å²) in [6.07, 6.45) is 5.57. The Morgan fingerprint density at radius 1 is 0.792 bits per heavy atom. The molecule has 0 heterocycles. The highest BCUT2D eigenvalue weighted by Crippen LogP contribution is 2.19. The summed E-state index contributed by atoms with van der Waals surface area (Å²) in [5, 5.41) is 6.40. The minimum absolute atomic E-state index is 0.238. The van der Waals surface area contributed by atoms with Gasteiger partial charge in [-0.15, -0.1) is 0 Å². The topological polar surface area (TPSA) is 110 Å². The summed E-state index contributed by atoms with van der Waals surface area (Å²) < 4.78 is 0. The summed E-state index contributed by atoms with van der Waals surface area (Å²) in [5.41, 5.74) is 10.8. The third-order valence-electron chi connectivity index (χ3n) is 3.14. The summed E-state index contributed by atoms with van der Waals surface area (Å²) in [7, 11) is 3.49. The fraction of sp³-hybridized carbons (Fsp3) is 0.857. The maximum Gasteiger partial charge on any atom is 0.234 e. The van der Waals surface area contributed by atoms with Crippen LogP contribution >= 0.6 is 45.1 Å². The highest BCUT2D eigenvalue weighted by Gasteiger charge is 2.14. The van der Waals surface area contributed by atoms with Gasteiger partial charge in [-0.2, -0.15) is 23.5 Å². The van der Waals surface area contributed by atoms with E-state index in [0.717, 1.165) is 48.9 Å². The number of carbonyl (C=O) groups excluding carboxylic acids is 2. The third kappa shape index (κ3) is 13.5. The lowest BCUT2D eigenvalue weighted by Gasteiger charge is -2.15. The lowest BCUT2D eigenvalue weighted by molar-refractivity contribution is -0.120. The minimum Gasteiger partial charge on any atom is -0.368 e. The van der Waals surface area contributed by atoms with E-state index in [9.17, 15) is 9.59 Å². The molecule has 2 unspecified atom stereocenters. The van der Waals surface area contributed by atoms with Crippen molar-refractivity contribution in [2.45, 2.75) is 24.9 Å². The normalized spacial score (nSPS) is 13.6. The van der Waals surface area contributed by atoms with Crippen molar-refractivity contribution in [1.82, 2.24) is 10.6 Å². The van der Waals surface area contributed by atoms with Gasteiger partial charge in [-0.25, -0.2) is 0 Å². The van der Waals surface area contributed by atoms with Gasteiger partial charge >= 0.3 is 0 Å². The van der Waals surface area contributed by atoms with Gasteiger partial charge in [0.1, 0.15) is 0 Å². The van der Waals surface area contributed by atoms with Crippen molar-refractivity contribution in [1.29, 1.82) is 0 Å². The molecular formula is C14H30N4O2S4. The molecule has 142 valence electrons. The van der Waals surface area contributed by atoms with Crippen LogP contribution in [0.25, 0.3) is 0 Å². The molecule has 6 N–H and O–H groups in total. The Hall–Kier alpha value is 0.260. The second-order valence-corrected chi connectivity index (χ2v) is 9.70. The number of carbonyl (C=O) groups is 2. The van der Waals surface area contributed by atoms with Gasteiger partial charge < -0.3 is 22.1 Å². The van der Waals surface area contributed by atoms with Crippen molar-refractivity contribution >= 4 is 56.9 Å². The van der Waals surface area contributed by atoms with E-state index < -0.39 is 0 Å². The first-order chi connectivity index (χ1) is 11.5. The molecule has 0 saturated carbocycles. The maximum absolute atomic E-state index is 11.3. The lowest BCUT2D eigenvalue weighted by atomic mass is 10.2. The van der Waals surface area contributed by atoms with E-state index in [1.54, 1.807) is 45.1 Å². The summed E-state index contributed by atoms with van der Waals surface area (Å²) >= 11 is 3.42. The van der Waals surface area contributed by atoms with Crippen LogP contribution in [0.15, 0.2) is 0 Å². The highest BCUT2D eigenvalue weighted by molar-refractivity contribution is 8.76. The quantitative estimate of drug-likeness (QED) is 0.204. The Labute approximate surface area is 161 Å². The number of hydrogen-bond donors (Lipinski definition) is 4. The molecule has 0 radical (unpaired) electrons. The number of amides is 2. The van der Waals surface area contributed by atoms with E-state index in [1.165, 1.54) is 0 Å². The molecule has 6 nitrogen and oxygen atoms in total. The fourth-order valence-electron chi connectivity index (χ4n) is 1.83. The first kappa shape index (κ1) is 24.3. The predicted molar refractivity (Wildman–Crippen MR) is 113 cm³/mol. The van der Waals surface area contributed by atoms with Gasteiger partial charge in [-0.05, 0) is 36.9 Å². The molecule has 0 spiro atoms. The van der Waals surface area contributed by atoms with Crippen molar-refractivity contribution in [3.05, 3.63) is 0 Å². The van der Waals surface area contributed by atoms with Gasteiger partial charge in [0.05, 0.1) is 12.1 Å². The van der Waals surface area contributed by atoms with Crippen molar-refractivity contribution < 1.29 is 9.59 Å². The van der Waals surface area contributed by atoms with Crippen molar-refractivity contribution in [3.63, 3.8) is 0 Å². The molecule has 0 bridgehead atoms. The van der Waals surface area contributed by atoms with Crippen LogP contribution in [-0.4, -0.2) is 72.5 Å². The smallest absolute Gasteiger partial charge is 0.234 e. The van der Waals surface area contributed by atoms with E-state index in [1.807, 2.05) is 12.5 Å². The molecule has 0 aliphatic heterocycles. The van der Waals surface area contributed by atoms with Gasteiger partial charge in [0, 0.05) is 24.6 Å². The van der Waals surface area contributed by atoms with Crippen LogP contribution in [0.2, 0.25) is 0 Å².